The molecule has 0 heterocycles. The third-order valence-corrected chi connectivity index (χ3v) is 8.05. The average molecular weight is 728 g/mol. The van der Waals surface area contributed by atoms with Gasteiger partial charge in [-0.1, -0.05) is 59.1 Å². The Morgan fingerprint density at radius 1 is 0.837 bits per heavy atom. The summed E-state index contributed by atoms with van der Waals surface area (Å²) in [6.45, 7) is 1.02. The highest BCUT2D eigenvalue weighted by Crippen LogP contribution is 2.31. The molecule has 3 amide bonds. The van der Waals surface area contributed by atoms with Crippen LogP contribution < -0.4 is 26.4 Å². The quantitative estimate of drug-likeness (QED) is 0.0805. The Morgan fingerprint density at radius 2 is 1.55 bits per heavy atom. The molecule has 0 radical (unpaired) electrons. The molecule has 1 atom stereocenters. The molecule has 0 aliphatic rings. The number of nitrogens with two attached hydrogens (primary N) is 1. The first-order chi connectivity index (χ1) is 23.5. The van der Waals surface area contributed by atoms with Crippen molar-refractivity contribution in [2.24, 2.45) is 5.73 Å². The van der Waals surface area contributed by atoms with Gasteiger partial charge in [-0.05, 0) is 78.7 Å². The lowest BCUT2D eigenvalue weighted by atomic mass is 10.0. The van der Waals surface area contributed by atoms with E-state index < -0.39 is 29.7 Å². The molecule has 0 spiro atoms. The van der Waals surface area contributed by atoms with Crippen molar-refractivity contribution in [3.8, 4) is 11.5 Å². The Kier molecular flexibility index (Phi) is 13.3. The van der Waals surface area contributed by atoms with Gasteiger partial charge in [-0.25, -0.2) is 4.79 Å². The van der Waals surface area contributed by atoms with Crippen molar-refractivity contribution in [3.05, 3.63) is 122 Å². The zero-order valence-electron chi connectivity index (χ0n) is 26.2. The van der Waals surface area contributed by atoms with E-state index in [9.17, 15) is 24.3 Å². The van der Waals surface area contributed by atoms with Gasteiger partial charge in [0.15, 0.2) is 0 Å². The van der Waals surface area contributed by atoms with E-state index in [-0.39, 0.29) is 50.5 Å². The largest absolute Gasteiger partial charge is 0.508 e. The van der Waals surface area contributed by atoms with Gasteiger partial charge in [0.25, 0.3) is 17.7 Å². The molecule has 0 aliphatic heterocycles. The number of nitrogens with one attached hydrogen (secondary N) is 3. The smallest absolute Gasteiger partial charge is 0.328 e. The molecular weight excluding hydrogens is 695 g/mol. The Bertz CT molecular complexity index is 1810. The number of halogens is 3. The summed E-state index contributed by atoms with van der Waals surface area (Å²) in [6, 6.07) is 19.1. The van der Waals surface area contributed by atoms with E-state index >= 15 is 0 Å². The molecule has 11 nitrogen and oxygen atoms in total. The predicted molar refractivity (Wildman–Crippen MR) is 188 cm³/mol. The number of methoxy groups -OCH3 is 1. The first-order valence-electron chi connectivity index (χ1n) is 15.0. The normalized spacial score (nSPS) is 11.3. The molecule has 0 bridgehead atoms. The van der Waals surface area contributed by atoms with Crippen LogP contribution in [0.1, 0.15) is 48.6 Å². The molecule has 0 aliphatic carbocycles. The molecule has 0 aromatic heterocycles. The lowest BCUT2D eigenvalue weighted by Gasteiger charge is -2.18. The summed E-state index contributed by atoms with van der Waals surface area (Å²) in [7, 11) is 1.20. The summed E-state index contributed by atoms with van der Waals surface area (Å²) in [6.07, 6.45) is 0.706. The first kappa shape index (κ1) is 37.0. The van der Waals surface area contributed by atoms with Crippen LogP contribution in [0, 0.1) is 0 Å². The van der Waals surface area contributed by atoms with E-state index in [4.69, 9.17) is 50.0 Å². The van der Waals surface area contributed by atoms with Crippen molar-refractivity contribution >= 4 is 64.2 Å². The number of hydrogen-bond acceptors (Lipinski definition) is 8. The number of anilines is 1. The SMILES string of the molecule is COC(=O)C(Cc1ccc(NC(=O)c2c(Cl)cc(OCCCN)cc2Cl)cc1)NC(=O)c1ccc(C(=O)NCc2cccc(O)c2)cc1Cl. The number of phenolic OH excluding ortho intramolecular Hbond substituents is 1. The number of phenols is 1. The number of benzene rings is 4. The number of esters is 1. The minimum absolute atomic E-state index is 0.000170. The minimum atomic E-state index is -1.08. The molecule has 0 saturated carbocycles. The van der Waals surface area contributed by atoms with Gasteiger partial charge in [-0.15, -0.1) is 0 Å². The number of amides is 3. The molecule has 4 rings (SSSR count). The number of ether oxygens (including phenoxy) is 2. The Labute approximate surface area is 297 Å². The van der Waals surface area contributed by atoms with Gasteiger partial charge in [0, 0.05) is 24.2 Å². The van der Waals surface area contributed by atoms with Crippen molar-refractivity contribution in [2.75, 3.05) is 25.6 Å². The summed E-state index contributed by atoms with van der Waals surface area (Å²) in [5.41, 5.74) is 7.60. The molecule has 4 aromatic rings. The topological polar surface area (TPSA) is 169 Å². The van der Waals surface area contributed by atoms with Gasteiger partial charge >= 0.3 is 5.97 Å². The monoisotopic (exact) mass is 726 g/mol. The zero-order chi connectivity index (χ0) is 35.5. The second kappa shape index (κ2) is 17.5. The fourth-order valence-electron chi connectivity index (χ4n) is 4.64. The maximum Gasteiger partial charge on any atom is 0.328 e. The van der Waals surface area contributed by atoms with Gasteiger partial charge in [0.2, 0.25) is 0 Å². The number of hydrogen-bond donors (Lipinski definition) is 5. The van der Waals surface area contributed by atoms with Crippen molar-refractivity contribution in [2.45, 2.75) is 25.4 Å². The van der Waals surface area contributed by atoms with Gasteiger partial charge in [0.05, 0.1) is 39.9 Å². The fourth-order valence-corrected chi connectivity index (χ4v) is 5.54. The summed E-state index contributed by atoms with van der Waals surface area (Å²) in [5.74, 6) is -1.81. The van der Waals surface area contributed by atoms with E-state index in [1.54, 1.807) is 36.4 Å². The van der Waals surface area contributed by atoms with Crippen LogP contribution in [-0.2, 0) is 22.5 Å². The number of aromatic hydroxyl groups is 1. The highest BCUT2D eigenvalue weighted by Gasteiger charge is 2.24. The fraction of sp³-hybridized carbons (Fsp3) is 0.200. The molecule has 1 unspecified atom stereocenters. The molecule has 4 aromatic carbocycles. The Balaban J connectivity index is 1.37. The molecule has 0 saturated heterocycles. The second-order valence-electron chi connectivity index (χ2n) is 10.7. The van der Waals surface area contributed by atoms with Crippen LogP contribution in [0.25, 0.3) is 0 Å². The van der Waals surface area contributed by atoms with Crippen LogP contribution in [0.15, 0.2) is 78.9 Å². The van der Waals surface area contributed by atoms with Crippen LogP contribution in [0.2, 0.25) is 15.1 Å². The molecule has 6 N–H and O–H groups in total. The van der Waals surface area contributed by atoms with Crippen molar-refractivity contribution < 1.29 is 33.8 Å². The molecule has 0 fully saturated rings. The van der Waals surface area contributed by atoms with Crippen LogP contribution in [0.4, 0.5) is 5.69 Å². The lowest BCUT2D eigenvalue weighted by molar-refractivity contribution is -0.142. The number of carbonyl (C=O) groups excluding carboxylic acids is 4. The summed E-state index contributed by atoms with van der Waals surface area (Å²) in [4.78, 5) is 51.4. The first-order valence-corrected chi connectivity index (χ1v) is 16.1. The summed E-state index contributed by atoms with van der Waals surface area (Å²) in [5, 5.41) is 17.9. The molecular formula is C35H33Cl3N4O7. The van der Waals surface area contributed by atoms with E-state index in [1.165, 1.54) is 49.6 Å². The minimum Gasteiger partial charge on any atom is -0.508 e. The number of rotatable bonds is 14. The van der Waals surface area contributed by atoms with Crippen molar-refractivity contribution in [3.63, 3.8) is 0 Å². The van der Waals surface area contributed by atoms with Gasteiger partial charge in [0.1, 0.15) is 17.5 Å². The van der Waals surface area contributed by atoms with E-state index in [0.717, 1.165) is 0 Å². The summed E-state index contributed by atoms with van der Waals surface area (Å²) < 4.78 is 10.5. The average Bonchev–Trinajstić information content (AvgIpc) is 3.07. The standard InChI is InChI=1S/C35H33Cl3N4O7/c1-48-35(47)30(42-33(45)26-11-8-22(16-27(26)36)32(44)40-19-21-4-2-5-24(43)14-21)15-20-6-9-23(10-7-20)41-34(46)31-28(37)17-25(18-29(31)38)49-13-3-12-39/h2,4-11,14,16-18,30,43H,3,12-13,15,19,39H2,1H3,(H,40,44)(H,41,46)(H,42,45). The van der Waals surface area contributed by atoms with Crippen molar-refractivity contribution in [1.82, 2.24) is 10.6 Å². The van der Waals surface area contributed by atoms with Crippen LogP contribution in [0.3, 0.4) is 0 Å². The zero-order valence-corrected chi connectivity index (χ0v) is 28.5. The van der Waals surface area contributed by atoms with E-state index in [0.29, 0.717) is 42.1 Å². The molecule has 49 heavy (non-hydrogen) atoms. The third kappa shape index (κ3) is 10.3. The highest BCUT2D eigenvalue weighted by atomic mass is 35.5. The molecule has 256 valence electrons. The number of carbonyl (C=O) groups is 4. The maximum atomic E-state index is 13.2. The van der Waals surface area contributed by atoms with Gasteiger partial charge in [-0.3, -0.25) is 14.4 Å². The van der Waals surface area contributed by atoms with Gasteiger partial charge in [-0.2, -0.15) is 0 Å². The molecule has 14 heteroatoms. The highest BCUT2D eigenvalue weighted by molar-refractivity contribution is 6.40. The van der Waals surface area contributed by atoms with E-state index in [1.807, 2.05) is 0 Å². The third-order valence-electron chi connectivity index (χ3n) is 7.14. The van der Waals surface area contributed by atoms with Crippen LogP contribution in [-0.4, -0.2) is 55.1 Å². The lowest BCUT2D eigenvalue weighted by Crippen LogP contribution is -2.43. The summed E-state index contributed by atoms with van der Waals surface area (Å²) >= 11 is 19.0. The van der Waals surface area contributed by atoms with E-state index in [2.05, 4.69) is 16.0 Å². The Hall–Kier alpha value is -4.81. The van der Waals surface area contributed by atoms with Crippen LogP contribution >= 0.6 is 34.8 Å². The maximum absolute atomic E-state index is 13.2. The van der Waals surface area contributed by atoms with Crippen LogP contribution in [0.5, 0.6) is 11.5 Å². The van der Waals surface area contributed by atoms with Gasteiger partial charge < -0.3 is 36.3 Å². The van der Waals surface area contributed by atoms with Crippen molar-refractivity contribution in [1.29, 1.82) is 0 Å². The Morgan fingerprint density at radius 3 is 2.18 bits per heavy atom. The predicted octanol–water partition coefficient (Wildman–Crippen LogP) is 5.78. The second-order valence-corrected chi connectivity index (χ2v) is 11.9.